The van der Waals surface area contributed by atoms with Crippen LogP contribution in [0.1, 0.15) is 55.4 Å². The van der Waals surface area contributed by atoms with Crippen LogP contribution in [0, 0.1) is 17.8 Å². The Kier molecular flexibility index (Phi) is 6.05. The summed E-state index contributed by atoms with van der Waals surface area (Å²) in [5, 5.41) is 0.133. The molecule has 0 saturated heterocycles. The Morgan fingerprint density at radius 2 is 1.71 bits per heavy atom. The van der Waals surface area contributed by atoms with E-state index in [-0.39, 0.29) is 23.2 Å². The fraction of sp³-hybridized carbons (Fsp3) is 0.542. The van der Waals surface area contributed by atoms with Gasteiger partial charge in [0.05, 0.1) is 17.4 Å². The van der Waals surface area contributed by atoms with Gasteiger partial charge in [0.2, 0.25) is 0 Å². The number of halogens is 1. The Labute approximate surface area is 172 Å². The summed E-state index contributed by atoms with van der Waals surface area (Å²) >= 11 is 6.17. The normalized spacial score (nSPS) is 35.4. The van der Waals surface area contributed by atoms with E-state index in [4.69, 9.17) is 21.1 Å². The summed E-state index contributed by atoms with van der Waals surface area (Å²) < 4.78 is 11.5. The maximum absolute atomic E-state index is 13.4. The molecule has 0 N–H and O–H groups in total. The second-order valence-corrected chi connectivity index (χ2v) is 8.82. The van der Waals surface area contributed by atoms with Crippen LogP contribution < -0.4 is 0 Å². The molecule has 3 aliphatic carbocycles. The number of benzene rings is 1. The molecule has 0 bridgehead atoms. The molecule has 3 nitrogen and oxygen atoms in total. The number of allylic oxidation sites excluding steroid dienone is 4. The molecule has 1 fully saturated rings. The number of ketones is 1. The number of methoxy groups -OCH3 is 2. The predicted molar refractivity (Wildman–Crippen MR) is 111 cm³/mol. The average Bonchev–Trinajstić information content (AvgIpc) is 2.74. The highest BCUT2D eigenvalue weighted by molar-refractivity contribution is 6.22. The van der Waals surface area contributed by atoms with Gasteiger partial charge in [0.25, 0.3) is 0 Å². The molecule has 0 aliphatic heterocycles. The van der Waals surface area contributed by atoms with Crippen LogP contribution in [0.15, 0.2) is 48.1 Å². The minimum atomic E-state index is -0.477. The summed E-state index contributed by atoms with van der Waals surface area (Å²) in [7, 11) is 3.35. The minimum absolute atomic E-state index is 0.131. The van der Waals surface area contributed by atoms with Crippen molar-refractivity contribution in [1.29, 1.82) is 0 Å². The molecule has 0 heterocycles. The van der Waals surface area contributed by atoms with Gasteiger partial charge in [-0.1, -0.05) is 42.5 Å². The van der Waals surface area contributed by atoms with Gasteiger partial charge in [0, 0.05) is 14.2 Å². The van der Waals surface area contributed by atoms with Crippen LogP contribution in [-0.4, -0.2) is 25.4 Å². The molecule has 0 amide bonds. The summed E-state index contributed by atoms with van der Waals surface area (Å²) in [4.78, 5) is 13.4. The van der Waals surface area contributed by atoms with Gasteiger partial charge in [-0.2, -0.15) is 0 Å². The second-order valence-electron chi connectivity index (χ2n) is 8.26. The number of hydrogen-bond donors (Lipinski definition) is 0. The van der Waals surface area contributed by atoms with Crippen molar-refractivity contribution in [2.75, 3.05) is 14.2 Å². The van der Waals surface area contributed by atoms with Gasteiger partial charge >= 0.3 is 0 Å². The first-order valence-electron chi connectivity index (χ1n) is 10.3. The van der Waals surface area contributed by atoms with Crippen molar-refractivity contribution in [1.82, 2.24) is 0 Å². The molecule has 150 valence electrons. The van der Waals surface area contributed by atoms with Crippen LogP contribution in [0.5, 0.6) is 0 Å². The summed E-state index contributed by atoms with van der Waals surface area (Å²) in [6.45, 7) is 0. The minimum Gasteiger partial charge on any atom is -0.376 e. The standard InChI is InChI=1S/C24H29ClO3/c1-27-23-19-5-3-4-6-20(19)24(28-2)22(26)21(23)17-9-7-15(8-10-17)16-11-13-18(25)14-12-16/h3-6,11-13,15,17-18,21,23-24H,7-10,14H2,1-2H3. The lowest BCUT2D eigenvalue weighted by atomic mass is 9.66. The highest BCUT2D eigenvalue weighted by Gasteiger charge is 2.46. The van der Waals surface area contributed by atoms with Gasteiger partial charge in [-0.3, -0.25) is 4.79 Å². The average molecular weight is 401 g/mol. The third-order valence-electron chi connectivity index (χ3n) is 6.82. The lowest BCUT2D eigenvalue weighted by Gasteiger charge is -2.42. The lowest BCUT2D eigenvalue weighted by molar-refractivity contribution is -0.144. The van der Waals surface area contributed by atoms with Crippen LogP contribution in [0.4, 0.5) is 0 Å². The first kappa shape index (κ1) is 19.9. The van der Waals surface area contributed by atoms with Crippen molar-refractivity contribution < 1.29 is 14.3 Å². The van der Waals surface area contributed by atoms with Crippen molar-refractivity contribution in [3.63, 3.8) is 0 Å². The van der Waals surface area contributed by atoms with E-state index in [0.29, 0.717) is 11.8 Å². The van der Waals surface area contributed by atoms with Gasteiger partial charge in [-0.15, -0.1) is 11.6 Å². The second kappa shape index (κ2) is 8.52. The van der Waals surface area contributed by atoms with E-state index in [2.05, 4.69) is 24.3 Å². The number of hydrogen-bond acceptors (Lipinski definition) is 3. The monoisotopic (exact) mass is 400 g/mol. The van der Waals surface area contributed by atoms with E-state index >= 15 is 0 Å². The molecule has 0 radical (unpaired) electrons. The van der Waals surface area contributed by atoms with Gasteiger partial charge in [0.15, 0.2) is 5.78 Å². The number of Topliss-reactive ketones (excluding diaryl/α,β-unsaturated/α-hetero) is 1. The van der Waals surface area contributed by atoms with E-state index < -0.39 is 6.10 Å². The van der Waals surface area contributed by atoms with Crippen LogP contribution in [-0.2, 0) is 14.3 Å². The fourth-order valence-corrected chi connectivity index (χ4v) is 5.56. The first-order valence-corrected chi connectivity index (χ1v) is 10.8. The van der Waals surface area contributed by atoms with Gasteiger partial charge in [-0.25, -0.2) is 0 Å². The number of alkyl halides is 1. The molecule has 0 spiro atoms. The van der Waals surface area contributed by atoms with Gasteiger partial charge < -0.3 is 9.47 Å². The maximum atomic E-state index is 13.4. The maximum Gasteiger partial charge on any atom is 0.172 e. The Morgan fingerprint density at radius 3 is 2.32 bits per heavy atom. The number of carbonyl (C=O) groups is 1. The summed E-state index contributed by atoms with van der Waals surface area (Å²) in [6, 6.07) is 8.06. The van der Waals surface area contributed by atoms with Crippen molar-refractivity contribution in [2.45, 2.75) is 49.7 Å². The third kappa shape index (κ3) is 3.60. The van der Waals surface area contributed by atoms with Crippen molar-refractivity contribution in [2.24, 2.45) is 17.8 Å². The van der Waals surface area contributed by atoms with Crippen molar-refractivity contribution >= 4 is 17.4 Å². The zero-order valence-electron chi connectivity index (χ0n) is 16.6. The summed E-state index contributed by atoms with van der Waals surface area (Å²) in [5.74, 6) is 0.975. The van der Waals surface area contributed by atoms with E-state index in [1.54, 1.807) is 14.2 Å². The number of rotatable bonds is 4. The molecule has 1 saturated carbocycles. The Balaban J connectivity index is 1.53. The zero-order valence-corrected chi connectivity index (χ0v) is 17.4. The molecule has 28 heavy (non-hydrogen) atoms. The molecule has 1 aromatic rings. The number of ether oxygens (including phenoxy) is 2. The summed E-state index contributed by atoms with van der Waals surface area (Å²) in [6.07, 6.45) is 11.2. The quantitative estimate of drug-likeness (QED) is 0.620. The lowest BCUT2D eigenvalue weighted by Crippen LogP contribution is -2.40. The van der Waals surface area contributed by atoms with Crippen LogP contribution >= 0.6 is 11.6 Å². The SMILES string of the molecule is COC1C(=O)C(C2CCC(C3=CCC(Cl)C=C3)CC2)C(OC)c2ccccc21. The predicted octanol–water partition coefficient (Wildman–Crippen LogP) is 5.56. The van der Waals surface area contributed by atoms with E-state index in [0.717, 1.165) is 43.2 Å². The highest BCUT2D eigenvalue weighted by atomic mass is 35.5. The molecule has 4 rings (SSSR count). The number of carbonyl (C=O) groups excluding carboxylic acids is 1. The van der Waals surface area contributed by atoms with E-state index in [1.165, 1.54) is 5.57 Å². The topological polar surface area (TPSA) is 35.5 Å². The van der Waals surface area contributed by atoms with Crippen LogP contribution in [0.3, 0.4) is 0 Å². The zero-order chi connectivity index (χ0) is 19.7. The molecule has 1 aromatic carbocycles. The Morgan fingerprint density at radius 1 is 1.00 bits per heavy atom. The fourth-order valence-electron chi connectivity index (χ4n) is 5.40. The van der Waals surface area contributed by atoms with Crippen molar-refractivity contribution in [3.8, 4) is 0 Å². The summed E-state index contributed by atoms with van der Waals surface area (Å²) in [5.41, 5.74) is 3.49. The molecule has 4 unspecified atom stereocenters. The van der Waals surface area contributed by atoms with E-state index in [1.807, 2.05) is 18.2 Å². The van der Waals surface area contributed by atoms with Crippen LogP contribution in [0.25, 0.3) is 0 Å². The van der Waals surface area contributed by atoms with Gasteiger partial charge in [0.1, 0.15) is 6.10 Å². The molecule has 4 atom stereocenters. The molecular weight excluding hydrogens is 372 g/mol. The molecular formula is C24H29ClO3. The van der Waals surface area contributed by atoms with Gasteiger partial charge in [-0.05, 0) is 60.6 Å². The van der Waals surface area contributed by atoms with Crippen molar-refractivity contribution in [3.05, 3.63) is 59.2 Å². The smallest absolute Gasteiger partial charge is 0.172 e. The molecule has 4 heteroatoms. The first-order chi connectivity index (χ1) is 13.6. The number of fused-ring (bicyclic) bond motifs is 1. The molecule has 3 aliphatic rings. The Hall–Kier alpha value is -1.42. The Bertz CT molecular complexity index is 776. The highest BCUT2D eigenvalue weighted by Crippen LogP contribution is 2.49. The third-order valence-corrected chi connectivity index (χ3v) is 7.14. The molecule has 0 aromatic heterocycles. The van der Waals surface area contributed by atoms with Crippen LogP contribution in [0.2, 0.25) is 0 Å². The van der Waals surface area contributed by atoms with E-state index in [9.17, 15) is 4.79 Å². The largest absolute Gasteiger partial charge is 0.376 e.